The molecule has 0 aliphatic rings. The smallest absolute Gasteiger partial charge is 0.344 e. The standard InChI is InChI=1S/C30H30O6/c1-19(2)35-27(31)17-33-26-16-22-11-6-8-14-24(22)29(30(26)34-18-28(32)36-20(3)4)25-15-9-12-21-10-5-7-13-23(21)25/h5-16,19-20H,17-18H2,1-4H3. The Balaban J connectivity index is 1.88. The van der Waals surface area contributed by atoms with E-state index in [1.165, 1.54) is 0 Å². The number of carbonyl (C=O) groups excluding carboxylic acids is 2. The first-order chi connectivity index (χ1) is 17.3. The summed E-state index contributed by atoms with van der Waals surface area (Å²) in [5, 5.41) is 3.93. The molecule has 4 rings (SSSR count). The average Bonchev–Trinajstić information content (AvgIpc) is 2.84. The molecule has 0 heterocycles. The van der Waals surface area contributed by atoms with Crippen LogP contribution in [0.4, 0.5) is 0 Å². The lowest BCUT2D eigenvalue weighted by Gasteiger charge is -2.20. The van der Waals surface area contributed by atoms with Crippen LogP contribution in [0.1, 0.15) is 27.7 Å². The highest BCUT2D eigenvalue weighted by Crippen LogP contribution is 2.46. The summed E-state index contributed by atoms with van der Waals surface area (Å²) in [6.07, 6.45) is -0.526. The summed E-state index contributed by atoms with van der Waals surface area (Å²) < 4.78 is 22.6. The fourth-order valence-electron chi connectivity index (χ4n) is 4.13. The molecule has 0 aliphatic carbocycles. The van der Waals surface area contributed by atoms with E-state index in [9.17, 15) is 9.59 Å². The van der Waals surface area contributed by atoms with Crippen LogP contribution in [0.25, 0.3) is 32.7 Å². The third-order valence-corrected chi connectivity index (χ3v) is 5.44. The van der Waals surface area contributed by atoms with E-state index in [0.29, 0.717) is 11.5 Å². The van der Waals surface area contributed by atoms with Crippen molar-refractivity contribution in [2.24, 2.45) is 0 Å². The monoisotopic (exact) mass is 486 g/mol. The Labute approximate surface area is 210 Å². The zero-order chi connectivity index (χ0) is 25.7. The molecule has 0 N–H and O–H groups in total. The minimum Gasteiger partial charge on any atom is -0.478 e. The Morgan fingerprint density at radius 1 is 0.667 bits per heavy atom. The lowest BCUT2D eigenvalue weighted by molar-refractivity contribution is -0.151. The van der Waals surface area contributed by atoms with Crippen molar-refractivity contribution in [2.45, 2.75) is 39.9 Å². The quantitative estimate of drug-likeness (QED) is 0.258. The van der Waals surface area contributed by atoms with Gasteiger partial charge in [0.15, 0.2) is 24.7 Å². The first-order valence-electron chi connectivity index (χ1n) is 12.0. The molecule has 0 bridgehead atoms. The van der Waals surface area contributed by atoms with Crippen molar-refractivity contribution in [3.63, 3.8) is 0 Å². The minimum absolute atomic E-state index is 0.259. The first-order valence-corrected chi connectivity index (χ1v) is 12.0. The van der Waals surface area contributed by atoms with E-state index >= 15 is 0 Å². The molecule has 36 heavy (non-hydrogen) atoms. The second-order valence-corrected chi connectivity index (χ2v) is 8.98. The van der Waals surface area contributed by atoms with E-state index < -0.39 is 11.9 Å². The van der Waals surface area contributed by atoms with Crippen molar-refractivity contribution in [1.29, 1.82) is 0 Å². The molecule has 0 amide bonds. The molecule has 4 aromatic rings. The molecular formula is C30H30O6. The van der Waals surface area contributed by atoms with Crippen LogP contribution in [0, 0.1) is 0 Å². The SMILES string of the molecule is CC(C)OC(=O)COc1cc2ccccc2c(-c2cccc3ccccc23)c1OCC(=O)OC(C)C. The molecule has 0 aromatic heterocycles. The second-order valence-electron chi connectivity index (χ2n) is 8.98. The van der Waals surface area contributed by atoms with Crippen molar-refractivity contribution in [3.05, 3.63) is 72.8 Å². The van der Waals surface area contributed by atoms with Crippen LogP contribution in [0.5, 0.6) is 11.5 Å². The lowest BCUT2D eigenvalue weighted by atomic mass is 9.92. The molecule has 0 atom stereocenters. The predicted octanol–water partition coefficient (Wildman–Crippen LogP) is 6.32. The third kappa shape index (κ3) is 5.77. The van der Waals surface area contributed by atoms with Gasteiger partial charge in [-0.1, -0.05) is 66.7 Å². The predicted molar refractivity (Wildman–Crippen MR) is 140 cm³/mol. The van der Waals surface area contributed by atoms with Gasteiger partial charge in [0.1, 0.15) is 0 Å². The molecule has 6 heteroatoms. The third-order valence-electron chi connectivity index (χ3n) is 5.44. The number of fused-ring (bicyclic) bond motifs is 2. The topological polar surface area (TPSA) is 71.1 Å². The number of hydrogen-bond acceptors (Lipinski definition) is 6. The Bertz CT molecular complexity index is 1380. The van der Waals surface area contributed by atoms with Crippen LogP contribution in [-0.4, -0.2) is 37.4 Å². The van der Waals surface area contributed by atoms with Gasteiger partial charge in [-0.05, 0) is 60.9 Å². The Hall–Kier alpha value is -4.06. The zero-order valence-electron chi connectivity index (χ0n) is 20.9. The van der Waals surface area contributed by atoms with Gasteiger partial charge >= 0.3 is 11.9 Å². The highest BCUT2D eigenvalue weighted by Gasteiger charge is 2.22. The lowest BCUT2D eigenvalue weighted by Crippen LogP contribution is -2.21. The van der Waals surface area contributed by atoms with Crippen LogP contribution in [-0.2, 0) is 19.1 Å². The van der Waals surface area contributed by atoms with Gasteiger partial charge in [0.2, 0.25) is 0 Å². The summed E-state index contributed by atoms with van der Waals surface area (Å²) in [6, 6.07) is 23.8. The van der Waals surface area contributed by atoms with Crippen LogP contribution in [0.2, 0.25) is 0 Å². The molecule has 0 unspecified atom stereocenters. The summed E-state index contributed by atoms with van der Waals surface area (Å²) >= 11 is 0. The van der Waals surface area contributed by atoms with E-state index in [1.807, 2.05) is 72.8 Å². The molecule has 0 aliphatic heterocycles. The maximum absolute atomic E-state index is 12.4. The number of esters is 2. The number of rotatable bonds is 9. The molecule has 0 saturated heterocycles. The molecule has 0 saturated carbocycles. The van der Waals surface area contributed by atoms with Crippen molar-refractivity contribution < 1.29 is 28.5 Å². The van der Waals surface area contributed by atoms with Gasteiger partial charge < -0.3 is 18.9 Å². The first kappa shape index (κ1) is 25.0. The number of carbonyl (C=O) groups is 2. The van der Waals surface area contributed by atoms with Gasteiger partial charge in [-0.15, -0.1) is 0 Å². The van der Waals surface area contributed by atoms with Gasteiger partial charge in [-0.2, -0.15) is 0 Å². The number of hydrogen-bond donors (Lipinski definition) is 0. The minimum atomic E-state index is -0.493. The van der Waals surface area contributed by atoms with Crippen molar-refractivity contribution >= 4 is 33.5 Å². The van der Waals surface area contributed by atoms with E-state index in [-0.39, 0.29) is 25.4 Å². The average molecular weight is 487 g/mol. The largest absolute Gasteiger partial charge is 0.478 e. The van der Waals surface area contributed by atoms with E-state index in [2.05, 4.69) is 0 Å². The fraction of sp³-hybridized carbons (Fsp3) is 0.267. The Kier molecular flexibility index (Phi) is 7.74. The summed E-state index contributed by atoms with van der Waals surface area (Å²) in [4.78, 5) is 24.6. The summed E-state index contributed by atoms with van der Waals surface area (Å²) in [7, 11) is 0. The molecule has 0 radical (unpaired) electrons. The van der Waals surface area contributed by atoms with Crippen LogP contribution in [0.3, 0.4) is 0 Å². The van der Waals surface area contributed by atoms with Gasteiger partial charge in [0, 0.05) is 5.56 Å². The fourth-order valence-corrected chi connectivity index (χ4v) is 4.13. The molecule has 6 nitrogen and oxygen atoms in total. The molecule has 0 spiro atoms. The van der Waals surface area contributed by atoms with Crippen LogP contribution >= 0.6 is 0 Å². The highest BCUT2D eigenvalue weighted by molar-refractivity contribution is 6.08. The second kappa shape index (κ2) is 11.1. The Morgan fingerprint density at radius 3 is 1.89 bits per heavy atom. The highest BCUT2D eigenvalue weighted by atomic mass is 16.6. The van der Waals surface area contributed by atoms with Gasteiger partial charge in [0.25, 0.3) is 0 Å². The zero-order valence-corrected chi connectivity index (χ0v) is 20.9. The molecule has 0 fully saturated rings. The summed E-state index contributed by atoms with van der Waals surface area (Å²) in [5.74, 6) is -0.278. The molecule has 186 valence electrons. The van der Waals surface area contributed by atoms with E-state index in [0.717, 1.165) is 32.7 Å². The maximum Gasteiger partial charge on any atom is 0.344 e. The molecule has 4 aromatic carbocycles. The van der Waals surface area contributed by atoms with Gasteiger partial charge in [0.05, 0.1) is 12.2 Å². The van der Waals surface area contributed by atoms with Crippen molar-refractivity contribution in [1.82, 2.24) is 0 Å². The maximum atomic E-state index is 12.4. The van der Waals surface area contributed by atoms with Gasteiger partial charge in [-0.3, -0.25) is 0 Å². The van der Waals surface area contributed by atoms with Crippen molar-refractivity contribution in [3.8, 4) is 22.6 Å². The Morgan fingerprint density at radius 2 is 1.22 bits per heavy atom. The van der Waals surface area contributed by atoms with E-state index in [4.69, 9.17) is 18.9 Å². The van der Waals surface area contributed by atoms with Crippen LogP contribution < -0.4 is 9.47 Å². The summed E-state index contributed by atoms with van der Waals surface area (Å²) in [5.41, 5.74) is 1.70. The van der Waals surface area contributed by atoms with Crippen LogP contribution in [0.15, 0.2) is 72.8 Å². The van der Waals surface area contributed by atoms with Crippen molar-refractivity contribution in [2.75, 3.05) is 13.2 Å². The summed E-state index contributed by atoms with van der Waals surface area (Å²) in [6.45, 7) is 6.52. The van der Waals surface area contributed by atoms with Gasteiger partial charge in [-0.25, -0.2) is 9.59 Å². The molecular weight excluding hydrogens is 456 g/mol. The number of ether oxygens (including phenoxy) is 4. The van der Waals surface area contributed by atoms with E-state index in [1.54, 1.807) is 27.7 Å². The normalized spacial score (nSPS) is 11.2. The number of benzene rings is 4.